The summed E-state index contributed by atoms with van der Waals surface area (Å²) in [4.78, 5) is 12.3. The van der Waals surface area contributed by atoms with E-state index in [1.165, 1.54) is 24.8 Å². The molecule has 5 heteroatoms. The summed E-state index contributed by atoms with van der Waals surface area (Å²) in [6, 6.07) is 8.16. The summed E-state index contributed by atoms with van der Waals surface area (Å²) < 4.78 is 5.19. The number of nitrogens with one attached hydrogen (secondary N) is 1. The molecule has 0 spiro atoms. The molecule has 0 bridgehead atoms. The van der Waals surface area contributed by atoms with Gasteiger partial charge in [-0.2, -0.15) is 0 Å². The van der Waals surface area contributed by atoms with E-state index in [0.717, 1.165) is 25.0 Å². The molecule has 0 saturated heterocycles. The third-order valence-electron chi connectivity index (χ3n) is 5.47. The van der Waals surface area contributed by atoms with Gasteiger partial charge in [0, 0.05) is 13.0 Å². The maximum absolute atomic E-state index is 12.3. The van der Waals surface area contributed by atoms with Crippen molar-refractivity contribution in [1.29, 1.82) is 0 Å². The molecule has 1 aromatic rings. The lowest BCUT2D eigenvalue weighted by Gasteiger charge is -2.35. The van der Waals surface area contributed by atoms with Crippen molar-refractivity contribution in [3.8, 4) is 5.75 Å². The van der Waals surface area contributed by atoms with Gasteiger partial charge in [-0.15, -0.1) is 12.4 Å². The Labute approximate surface area is 158 Å². The molecule has 0 aliphatic heterocycles. The first kappa shape index (κ1) is 21.8. The highest BCUT2D eigenvalue weighted by Crippen LogP contribution is 2.38. The lowest BCUT2D eigenvalue weighted by molar-refractivity contribution is -0.123. The molecule has 0 aromatic heterocycles. The molecular weight excluding hydrogens is 336 g/mol. The molecule has 3 N–H and O–H groups in total. The zero-order valence-electron chi connectivity index (χ0n) is 15.6. The van der Waals surface area contributed by atoms with Crippen LogP contribution in [-0.2, 0) is 4.79 Å². The maximum Gasteiger partial charge on any atom is 0.220 e. The highest BCUT2D eigenvalue weighted by atomic mass is 35.5. The quantitative estimate of drug-likeness (QED) is 0.728. The summed E-state index contributed by atoms with van der Waals surface area (Å²) in [7, 11) is 1.67. The second-order valence-electron chi connectivity index (χ2n) is 7.25. The SMILES string of the molecule is COc1ccc(C(C)CCNC(=O)CC2(CN)CCCCC2)cc1.Cl. The van der Waals surface area contributed by atoms with E-state index in [9.17, 15) is 4.79 Å². The van der Waals surface area contributed by atoms with Crippen molar-refractivity contribution in [3.63, 3.8) is 0 Å². The van der Waals surface area contributed by atoms with Crippen molar-refractivity contribution >= 4 is 18.3 Å². The molecule has 1 aromatic carbocycles. The Morgan fingerprint density at radius 3 is 2.44 bits per heavy atom. The van der Waals surface area contributed by atoms with Gasteiger partial charge in [-0.1, -0.05) is 38.3 Å². The second-order valence-corrected chi connectivity index (χ2v) is 7.25. The van der Waals surface area contributed by atoms with E-state index in [1.54, 1.807) is 7.11 Å². The largest absolute Gasteiger partial charge is 0.497 e. The number of carbonyl (C=O) groups is 1. The van der Waals surface area contributed by atoms with E-state index >= 15 is 0 Å². The molecule has 1 aliphatic rings. The highest BCUT2D eigenvalue weighted by Gasteiger charge is 2.32. The number of ether oxygens (including phenoxy) is 1. The minimum absolute atomic E-state index is 0. The van der Waals surface area contributed by atoms with Crippen LogP contribution < -0.4 is 15.8 Å². The lowest BCUT2D eigenvalue weighted by atomic mass is 9.71. The maximum atomic E-state index is 12.3. The summed E-state index contributed by atoms with van der Waals surface area (Å²) in [6.45, 7) is 3.53. The molecule has 1 unspecified atom stereocenters. The van der Waals surface area contributed by atoms with Gasteiger partial charge in [0.15, 0.2) is 0 Å². The number of rotatable bonds is 8. The monoisotopic (exact) mass is 368 g/mol. The first-order valence-corrected chi connectivity index (χ1v) is 9.19. The van der Waals surface area contributed by atoms with Gasteiger partial charge in [-0.3, -0.25) is 4.79 Å². The van der Waals surface area contributed by atoms with Crippen molar-refractivity contribution in [1.82, 2.24) is 5.32 Å². The van der Waals surface area contributed by atoms with Crippen molar-refractivity contribution in [2.75, 3.05) is 20.2 Å². The highest BCUT2D eigenvalue weighted by molar-refractivity contribution is 5.85. The van der Waals surface area contributed by atoms with Gasteiger partial charge in [0.1, 0.15) is 5.75 Å². The number of nitrogens with two attached hydrogens (primary N) is 1. The van der Waals surface area contributed by atoms with E-state index in [-0.39, 0.29) is 23.7 Å². The Morgan fingerprint density at radius 1 is 1.24 bits per heavy atom. The predicted octanol–water partition coefficient (Wildman–Crippen LogP) is 4.03. The van der Waals surface area contributed by atoms with Gasteiger partial charge in [0.05, 0.1) is 7.11 Å². The van der Waals surface area contributed by atoms with Crippen LogP contribution in [0.1, 0.15) is 63.4 Å². The third kappa shape index (κ3) is 6.52. The molecule has 2 rings (SSSR count). The van der Waals surface area contributed by atoms with Crippen LogP contribution in [0.5, 0.6) is 5.75 Å². The van der Waals surface area contributed by atoms with E-state index < -0.39 is 0 Å². The average Bonchev–Trinajstić information content (AvgIpc) is 2.62. The summed E-state index contributed by atoms with van der Waals surface area (Å²) in [5.41, 5.74) is 7.29. The molecule has 0 heterocycles. The van der Waals surface area contributed by atoms with E-state index in [2.05, 4.69) is 24.4 Å². The Balaban J connectivity index is 0.00000312. The molecule has 1 fully saturated rings. The fourth-order valence-electron chi connectivity index (χ4n) is 3.69. The zero-order valence-corrected chi connectivity index (χ0v) is 16.4. The Hall–Kier alpha value is -1.26. The molecule has 1 saturated carbocycles. The topological polar surface area (TPSA) is 64.3 Å². The van der Waals surface area contributed by atoms with Crippen LogP contribution in [0, 0.1) is 5.41 Å². The molecule has 142 valence electrons. The Kier molecular flexibility index (Phi) is 9.30. The number of halogens is 1. The van der Waals surface area contributed by atoms with Gasteiger partial charge in [0.25, 0.3) is 0 Å². The van der Waals surface area contributed by atoms with Crippen molar-refractivity contribution in [2.24, 2.45) is 11.1 Å². The first-order chi connectivity index (χ1) is 11.6. The van der Waals surface area contributed by atoms with Gasteiger partial charge < -0.3 is 15.8 Å². The summed E-state index contributed by atoms with van der Waals surface area (Å²) in [6.07, 6.45) is 7.41. The molecule has 25 heavy (non-hydrogen) atoms. The smallest absolute Gasteiger partial charge is 0.220 e. The lowest BCUT2D eigenvalue weighted by Crippen LogP contribution is -2.39. The fourth-order valence-corrected chi connectivity index (χ4v) is 3.69. The third-order valence-corrected chi connectivity index (χ3v) is 5.47. The minimum Gasteiger partial charge on any atom is -0.497 e. The Morgan fingerprint density at radius 2 is 1.88 bits per heavy atom. The van der Waals surface area contributed by atoms with Crippen molar-refractivity contribution in [3.05, 3.63) is 29.8 Å². The number of hydrogen-bond acceptors (Lipinski definition) is 3. The van der Waals surface area contributed by atoms with Crippen LogP contribution in [0.3, 0.4) is 0 Å². The van der Waals surface area contributed by atoms with E-state index in [4.69, 9.17) is 10.5 Å². The first-order valence-electron chi connectivity index (χ1n) is 9.19. The van der Waals surface area contributed by atoms with Crippen LogP contribution >= 0.6 is 12.4 Å². The summed E-state index contributed by atoms with van der Waals surface area (Å²) >= 11 is 0. The fraction of sp³-hybridized carbons (Fsp3) is 0.650. The molecular formula is C20H33ClN2O2. The van der Waals surface area contributed by atoms with Gasteiger partial charge in [0.2, 0.25) is 5.91 Å². The minimum atomic E-state index is 0. The average molecular weight is 369 g/mol. The zero-order chi connectivity index (χ0) is 17.4. The number of benzene rings is 1. The van der Waals surface area contributed by atoms with Crippen LogP contribution in [0.25, 0.3) is 0 Å². The molecule has 1 atom stereocenters. The molecule has 1 aliphatic carbocycles. The summed E-state index contributed by atoms with van der Waals surface area (Å²) in [5, 5.41) is 3.09. The van der Waals surface area contributed by atoms with Crippen molar-refractivity contribution in [2.45, 2.75) is 57.8 Å². The van der Waals surface area contributed by atoms with Crippen LogP contribution in [0.2, 0.25) is 0 Å². The van der Waals surface area contributed by atoms with Gasteiger partial charge in [-0.05, 0) is 54.8 Å². The number of amides is 1. The Bertz CT molecular complexity index is 513. The normalized spacial score (nSPS) is 17.2. The molecule has 4 nitrogen and oxygen atoms in total. The molecule has 0 radical (unpaired) electrons. The standard InChI is InChI=1S/C20H32N2O2.ClH/c1-16(17-6-8-18(24-2)9-7-17)10-13-22-19(23)14-20(15-21)11-4-3-5-12-20;/h6-9,16H,3-5,10-15,21H2,1-2H3,(H,22,23);1H. The number of methoxy groups -OCH3 is 1. The van der Waals surface area contributed by atoms with Gasteiger partial charge in [-0.25, -0.2) is 0 Å². The number of carbonyl (C=O) groups excluding carboxylic acids is 1. The van der Waals surface area contributed by atoms with Crippen molar-refractivity contribution < 1.29 is 9.53 Å². The second kappa shape index (κ2) is 10.7. The van der Waals surface area contributed by atoms with E-state index in [0.29, 0.717) is 25.4 Å². The van der Waals surface area contributed by atoms with Crippen LogP contribution in [0.4, 0.5) is 0 Å². The molecule has 1 amide bonds. The van der Waals surface area contributed by atoms with Gasteiger partial charge >= 0.3 is 0 Å². The predicted molar refractivity (Wildman–Crippen MR) is 105 cm³/mol. The summed E-state index contributed by atoms with van der Waals surface area (Å²) in [5.74, 6) is 1.44. The number of hydrogen-bond donors (Lipinski definition) is 2. The van der Waals surface area contributed by atoms with E-state index in [1.807, 2.05) is 12.1 Å². The van der Waals surface area contributed by atoms with Crippen LogP contribution in [0.15, 0.2) is 24.3 Å². The van der Waals surface area contributed by atoms with Crippen LogP contribution in [-0.4, -0.2) is 26.1 Å².